The average molecular weight is 511 g/mol. The summed E-state index contributed by atoms with van der Waals surface area (Å²) in [6.07, 6.45) is 0.198. The van der Waals surface area contributed by atoms with Gasteiger partial charge in [0, 0.05) is 33.1 Å². The first-order valence-electron chi connectivity index (χ1n) is 11.8. The van der Waals surface area contributed by atoms with E-state index in [-0.39, 0.29) is 37.7 Å². The van der Waals surface area contributed by atoms with Gasteiger partial charge < -0.3 is 25.0 Å². The van der Waals surface area contributed by atoms with E-state index in [0.29, 0.717) is 30.0 Å². The maximum absolute atomic E-state index is 15.1. The fourth-order valence-corrected chi connectivity index (χ4v) is 4.27. The Kier molecular flexibility index (Phi) is 7.71. The minimum absolute atomic E-state index is 0.172. The molecule has 2 aliphatic heterocycles. The lowest BCUT2D eigenvalue weighted by Crippen LogP contribution is -2.50. The number of halogens is 1. The highest BCUT2D eigenvalue weighted by Gasteiger charge is 2.33. The number of nitrogens with one attached hydrogen (secondary N) is 1. The molecule has 10 nitrogen and oxygen atoms in total. The monoisotopic (exact) mass is 510 g/mol. The van der Waals surface area contributed by atoms with Crippen LogP contribution in [-0.4, -0.2) is 79.3 Å². The van der Waals surface area contributed by atoms with Gasteiger partial charge in [-0.05, 0) is 29.8 Å². The number of carboxylic acids is 1. The van der Waals surface area contributed by atoms with Crippen molar-refractivity contribution in [3.8, 4) is 0 Å². The number of amides is 3. The first kappa shape index (κ1) is 25.7. The molecule has 0 saturated carbocycles. The smallest absolute Gasteiger partial charge is 0.414 e. The van der Waals surface area contributed by atoms with Crippen molar-refractivity contribution in [2.45, 2.75) is 13.0 Å². The molecule has 1 unspecified atom stereocenters. The normalized spacial score (nSPS) is 18.0. The minimum atomic E-state index is -1.31. The van der Waals surface area contributed by atoms with E-state index in [4.69, 9.17) is 4.74 Å². The Morgan fingerprint density at radius 1 is 1.11 bits per heavy atom. The van der Waals surface area contributed by atoms with Gasteiger partial charge in [0.2, 0.25) is 5.91 Å². The highest BCUT2D eigenvalue weighted by atomic mass is 19.1. The third-order valence-electron chi connectivity index (χ3n) is 6.17. The number of cyclic esters (lactones) is 1. The third kappa shape index (κ3) is 6.05. The summed E-state index contributed by atoms with van der Waals surface area (Å²) in [5, 5.41) is 12.2. The average Bonchev–Trinajstić information content (AvgIpc) is 3.26. The lowest BCUT2D eigenvalue weighted by molar-refractivity contribution is -0.137. The Balaban J connectivity index is 1.39. The first-order chi connectivity index (χ1) is 17.7. The molecule has 0 bridgehead atoms. The van der Waals surface area contributed by atoms with Crippen molar-refractivity contribution in [1.29, 1.82) is 0 Å². The van der Waals surface area contributed by atoms with E-state index >= 15 is 4.39 Å². The number of anilines is 2. The van der Waals surface area contributed by atoms with Crippen LogP contribution in [0.25, 0.3) is 6.08 Å². The molecule has 194 valence electrons. The molecule has 2 aromatic rings. The van der Waals surface area contributed by atoms with Crippen molar-refractivity contribution in [3.63, 3.8) is 0 Å². The van der Waals surface area contributed by atoms with Gasteiger partial charge in [-0.25, -0.2) is 14.0 Å². The number of hydrogen-bond donors (Lipinski definition) is 2. The molecular formula is C26H27FN4O6. The van der Waals surface area contributed by atoms with E-state index in [2.05, 4.69) is 5.32 Å². The van der Waals surface area contributed by atoms with Gasteiger partial charge in [0.15, 0.2) is 0 Å². The van der Waals surface area contributed by atoms with Crippen molar-refractivity contribution in [3.05, 3.63) is 65.5 Å². The van der Waals surface area contributed by atoms with Crippen LogP contribution in [0.4, 0.5) is 20.6 Å². The third-order valence-corrected chi connectivity index (χ3v) is 6.17. The number of rotatable bonds is 7. The van der Waals surface area contributed by atoms with Gasteiger partial charge in [-0.15, -0.1) is 0 Å². The summed E-state index contributed by atoms with van der Waals surface area (Å²) < 4.78 is 20.3. The molecule has 2 saturated heterocycles. The Labute approximate surface area is 212 Å². The zero-order chi connectivity index (χ0) is 26.5. The molecule has 2 heterocycles. The number of aliphatic carboxylic acids is 1. The van der Waals surface area contributed by atoms with Crippen molar-refractivity contribution in [2.24, 2.45) is 0 Å². The van der Waals surface area contributed by atoms with Gasteiger partial charge in [0.25, 0.3) is 5.91 Å². The standard InChI is InChI=1S/C26H27FN4O6/c1-17(32)28-15-20-16-31(26(36)37-20)19-7-8-23(22(27)14-19)29-9-11-30(12-10-29)24(33)21(25(34)35)13-18-5-3-2-4-6-18/h2-8,13-14,20H,9-12,15-16H2,1H3,(H,28,32)(H,34,35). The summed E-state index contributed by atoms with van der Waals surface area (Å²) >= 11 is 0. The number of carbonyl (C=O) groups excluding carboxylic acids is 3. The van der Waals surface area contributed by atoms with Gasteiger partial charge in [-0.3, -0.25) is 14.5 Å². The SMILES string of the molecule is CC(=O)NCC1CN(c2ccc(N3CCN(C(=O)C(=Cc4ccccc4)C(=O)O)CC3)c(F)c2)C(=O)O1. The summed E-state index contributed by atoms with van der Waals surface area (Å²) in [7, 11) is 0. The number of benzene rings is 2. The highest BCUT2D eigenvalue weighted by Crippen LogP contribution is 2.28. The van der Waals surface area contributed by atoms with Crippen LogP contribution in [0.1, 0.15) is 12.5 Å². The van der Waals surface area contributed by atoms with Crippen LogP contribution < -0.4 is 15.1 Å². The van der Waals surface area contributed by atoms with Crippen LogP contribution in [0.3, 0.4) is 0 Å². The van der Waals surface area contributed by atoms with Crippen LogP contribution in [0.2, 0.25) is 0 Å². The van der Waals surface area contributed by atoms with Crippen molar-refractivity contribution in [1.82, 2.24) is 10.2 Å². The highest BCUT2D eigenvalue weighted by molar-refractivity contribution is 6.19. The second kappa shape index (κ2) is 11.1. The molecule has 0 aromatic heterocycles. The van der Waals surface area contributed by atoms with Crippen LogP contribution >= 0.6 is 0 Å². The minimum Gasteiger partial charge on any atom is -0.477 e. The molecule has 37 heavy (non-hydrogen) atoms. The van der Waals surface area contributed by atoms with Gasteiger partial charge in [-0.2, -0.15) is 0 Å². The Hall–Kier alpha value is -4.41. The molecule has 0 spiro atoms. The summed E-state index contributed by atoms with van der Waals surface area (Å²) in [6, 6.07) is 13.2. The van der Waals surface area contributed by atoms with E-state index in [0.717, 1.165) is 0 Å². The molecule has 0 radical (unpaired) electrons. The molecule has 4 rings (SSSR count). The van der Waals surface area contributed by atoms with Crippen molar-refractivity contribution in [2.75, 3.05) is 49.1 Å². The predicted octanol–water partition coefficient (Wildman–Crippen LogP) is 2.10. The number of ether oxygens (including phenoxy) is 1. The number of nitrogens with zero attached hydrogens (tertiary/aromatic N) is 3. The summed E-state index contributed by atoms with van der Waals surface area (Å²) in [5.74, 6) is -2.67. The van der Waals surface area contributed by atoms with Gasteiger partial charge in [-0.1, -0.05) is 30.3 Å². The molecule has 2 aliphatic rings. The molecular weight excluding hydrogens is 483 g/mol. The Bertz CT molecular complexity index is 1230. The van der Waals surface area contributed by atoms with E-state index in [9.17, 15) is 24.3 Å². The topological polar surface area (TPSA) is 119 Å². The lowest BCUT2D eigenvalue weighted by atomic mass is 10.1. The van der Waals surface area contributed by atoms with Crippen LogP contribution in [0.15, 0.2) is 54.1 Å². The molecule has 2 N–H and O–H groups in total. The van der Waals surface area contributed by atoms with E-state index in [1.165, 1.54) is 28.9 Å². The molecule has 0 aliphatic carbocycles. The zero-order valence-electron chi connectivity index (χ0n) is 20.2. The number of carbonyl (C=O) groups is 4. The molecule has 11 heteroatoms. The maximum Gasteiger partial charge on any atom is 0.414 e. The zero-order valence-corrected chi connectivity index (χ0v) is 20.2. The molecule has 2 fully saturated rings. The van der Waals surface area contributed by atoms with Crippen molar-refractivity contribution >= 4 is 41.3 Å². The van der Waals surface area contributed by atoms with Crippen molar-refractivity contribution < 1.29 is 33.4 Å². The summed E-state index contributed by atoms with van der Waals surface area (Å²) in [6.45, 7) is 2.79. The van der Waals surface area contributed by atoms with Crippen LogP contribution in [0.5, 0.6) is 0 Å². The summed E-state index contributed by atoms with van der Waals surface area (Å²) in [4.78, 5) is 52.5. The number of carboxylic acid groups (broad SMARTS) is 1. The van der Waals surface area contributed by atoms with Crippen LogP contribution in [0, 0.1) is 5.82 Å². The van der Waals surface area contributed by atoms with E-state index < -0.39 is 29.9 Å². The number of piperazine rings is 1. The van der Waals surface area contributed by atoms with Gasteiger partial charge in [0.05, 0.1) is 24.5 Å². The maximum atomic E-state index is 15.1. The molecule has 3 amide bonds. The first-order valence-corrected chi connectivity index (χ1v) is 11.8. The largest absolute Gasteiger partial charge is 0.477 e. The fraction of sp³-hybridized carbons (Fsp3) is 0.308. The summed E-state index contributed by atoms with van der Waals surface area (Å²) in [5.41, 5.74) is 0.931. The fourth-order valence-electron chi connectivity index (χ4n) is 4.27. The second-order valence-electron chi connectivity index (χ2n) is 8.74. The van der Waals surface area contributed by atoms with E-state index in [1.807, 2.05) is 0 Å². The molecule has 2 aromatic carbocycles. The Morgan fingerprint density at radius 3 is 2.43 bits per heavy atom. The van der Waals surface area contributed by atoms with Gasteiger partial charge >= 0.3 is 12.1 Å². The van der Waals surface area contributed by atoms with E-state index in [1.54, 1.807) is 47.4 Å². The van der Waals surface area contributed by atoms with Gasteiger partial charge in [0.1, 0.15) is 17.5 Å². The predicted molar refractivity (Wildman–Crippen MR) is 134 cm³/mol. The van der Waals surface area contributed by atoms with Crippen LogP contribution in [-0.2, 0) is 19.1 Å². The Morgan fingerprint density at radius 2 is 1.81 bits per heavy atom. The second-order valence-corrected chi connectivity index (χ2v) is 8.74. The number of hydrogen-bond acceptors (Lipinski definition) is 6. The lowest BCUT2D eigenvalue weighted by Gasteiger charge is -2.36. The molecule has 1 atom stereocenters. The quantitative estimate of drug-likeness (QED) is 0.333.